The fraction of sp³-hybridized carbons (Fsp3) is 0.407. The van der Waals surface area contributed by atoms with Gasteiger partial charge in [-0.3, -0.25) is 0 Å². The van der Waals surface area contributed by atoms with E-state index in [4.69, 9.17) is 0 Å². The third kappa shape index (κ3) is 7.13. The van der Waals surface area contributed by atoms with Gasteiger partial charge in [0.1, 0.15) is 0 Å². The lowest BCUT2D eigenvalue weighted by Gasteiger charge is -2.33. The molecule has 0 bridgehead atoms. The van der Waals surface area contributed by atoms with Crippen LogP contribution in [-0.4, -0.2) is 5.11 Å². The van der Waals surface area contributed by atoms with E-state index in [-0.39, 0.29) is 0 Å². The Hall–Kier alpha value is -2.12. The quantitative estimate of drug-likeness (QED) is 0.267. The molecule has 1 N–H and O–H groups in total. The molecule has 0 spiro atoms. The lowest BCUT2D eigenvalue weighted by Crippen LogP contribution is -2.28. The van der Waals surface area contributed by atoms with Crippen LogP contribution in [0.4, 0.5) is 0 Å². The number of benzene rings is 2. The smallest absolute Gasteiger partial charge is 0.0902 e. The van der Waals surface area contributed by atoms with Crippen molar-refractivity contribution in [1.82, 2.24) is 0 Å². The number of unbranched alkanes of at least 4 members (excludes halogenated alkanes) is 4. The van der Waals surface area contributed by atoms with Crippen LogP contribution in [0.15, 0.2) is 86.0 Å². The zero-order valence-electron chi connectivity index (χ0n) is 17.2. The monoisotopic (exact) mass is 376 g/mol. The zero-order chi connectivity index (χ0) is 20.1. The summed E-state index contributed by atoms with van der Waals surface area (Å²) in [5, 5.41) is 11.8. The van der Waals surface area contributed by atoms with E-state index in [0.29, 0.717) is 5.92 Å². The van der Waals surface area contributed by atoms with Gasteiger partial charge in [-0.25, -0.2) is 0 Å². The first-order valence-corrected chi connectivity index (χ1v) is 10.7. The van der Waals surface area contributed by atoms with Crippen LogP contribution in [0, 0.1) is 0 Å². The number of hydrogen-bond donors (Lipinski definition) is 1. The molecule has 0 amide bonds. The number of rotatable bonds is 14. The number of hydrogen-bond acceptors (Lipinski definition) is 1. The fourth-order valence-electron chi connectivity index (χ4n) is 4.02. The highest BCUT2D eigenvalue weighted by Gasteiger charge is 2.32. The van der Waals surface area contributed by atoms with Crippen molar-refractivity contribution in [2.45, 2.75) is 69.3 Å². The largest absolute Gasteiger partial charge is 0.385 e. The lowest BCUT2D eigenvalue weighted by atomic mass is 9.77. The van der Waals surface area contributed by atoms with Crippen molar-refractivity contribution in [2.75, 3.05) is 0 Å². The highest BCUT2D eigenvalue weighted by Crippen LogP contribution is 2.39. The number of allylic oxidation sites excluding steroid dienone is 2. The van der Waals surface area contributed by atoms with Crippen molar-refractivity contribution >= 4 is 0 Å². The zero-order valence-corrected chi connectivity index (χ0v) is 17.2. The fourth-order valence-corrected chi connectivity index (χ4v) is 4.02. The van der Waals surface area contributed by atoms with Crippen molar-refractivity contribution in [2.24, 2.45) is 0 Å². The van der Waals surface area contributed by atoms with Gasteiger partial charge in [0.2, 0.25) is 0 Å². The van der Waals surface area contributed by atoms with Crippen LogP contribution >= 0.6 is 0 Å². The first kappa shape index (κ1) is 22.2. The van der Waals surface area contributed by atoms with Crippen molar-refractivity contribution < 1.29 is 5.11 Å². The SMILES string of the molecule is C=CCCCCC(CC(O)(CCCCC=C)c1ccccc1)c1ccccc1. The van der Waals surface area contributed by atoms with Gasteiger partial charge in [0, 0.05) is 0 Å². The van der Waals surface area contributed by atoms with Crippen LogP contribution in [0.1, 0.15) is 74.8 Å². The van der Waals surface area contributed by atoms with Gasteiger partial charge >= 0.3 is 0 Å². The lowest BCUT2D eigenvalue weighted by molar-refractivity contribution is 0.00793. The molecule has 0 heterocycles. The third-order valence-corrected chi connectivity index (χ3v) is 5.63. The molecule has 0 aliphatic rings. The molecule has 0 saturated heterocycles. The first-order valence-electron chi connectivity index (χ1n) is 10.7. The molecule has 2 atom stereocenters. The molecule has 1 heteroatoms. The summed E-state index contributed by atoms with van der Waals surface area (Å²) >= 11 is 0. The molecule has 2 aromatic rings. The molecule has 0 radical (unpaired) electrons. The van der Waals surface area contributed by atoms with E-state index >= 15 is 0 Å². The summed E-state index contributed by atoms with van der Waals surface area (Å²) in [7, 11) is 0. The Bertz CT molecular complexity index is 676. The molecule has 1 nitrogen and oxygen atoms in total. The van der Waals surface area contributed by atoms with E-state index in [1.54, 1.807) is 0 Å². The molecule has 0 aliphatic heterocycles. The highest BCUT2D eigenvalue weighted by molar-refractivity contribution is 5.26. The van der Waals surface area contributed by atoms with Gasteiger partial charge in [-0.15, -0.1) is 13.2 Å². The maximum atomic E-state index is 11.8. The Balaban J connectivity index is 2.19. The van der Waals surface area contributed by atoms with Gasteiger partial charge in [0.05, 0.1) is 5.60 Å². The topological polar surface area (TPSA) is 20.2 Å². The molecule has 0 aromatic heterocycles. The molecule has 2 aromatic carbocycles. The Kier molecular flexibility index (Phi) is 9.79. The normalized spacial score (nSPS) is 14.2. The molecule has 2 unspecified atom stereocenters. The minimum Gasteiger partial charge on any atom is -0.385 e. The van der Waals surface area contributed by atoms with Crippen LogP contribution in [-0.2, 0) is 5.60 Å². The van der Waals surface area contributed by atoms with Gasteiger partial charge in [-0.05, 0) is 68.4 Å². The average Bonchev–Trinajstić information content (AvgIpc) is 2.75. The van der Waals surface area contributed by atoms with Crippen molar-refractivity contribution in [3.05, 3.63) is 97.1 Å². The van der Waals surface area contributed by atoms with Gasteiger partial charge < -0.3 is 5.11 Å². The summed E-state index contributed by atoms with van der Waals surface area (Å²) in [6.07, 6.45) is 13.1. The maximum Gasteiger partial charge on any atom is 0.0902 e. The summed E-state index contributed by atoms with van der Waals surface area (Å²) in [5.41, 5.74) is 1.59. The molecular formula is C27H36O. The van der Waals surface area contributed by atoms with E-state index in [2.05, 4.69) is 55.6 Å². The summed E-state index contributed by atoms with van der Waals surface area (Å²) < 4.78 is 0. The van der Waals surface area contributed by atoms with Crippen molar-refractivity contribution in [3.63, 3.8) is 0 Å². The Labute approximate surface area is 171 Å². The van der Waals surface area contributed by atoms with E-state index in [1.165, 1.54) is 5.56 Å². The van der Waals surface area contributed by atoms with Gasteiger partial charge in [0.25, 0.3) is 0 Å². The summed E-state index contributed by atoms with van der Waals surface area (Å²) in [6.45, 7) is 7.66. The van der Waals surface area contributed by atoms with Gasteiger partial charge in [0.15, 0.2) is 0 Å². The van der Waals surface area contributed by atoms with Crippen molar-refractivity contribution in [3.8, 4) is 0 Å². The predicted molar refractivity (Wildman–Crippen MR) is 121 cm³/mol. The second kappa shape index (κ2) is 12.4. The highest BCUT2D eigenvalue weighted by atomic mass is 16.3. The minimum atomic E-state index is -0.790. The molecular weight excluding hydrogens is 340 g/mol. The van der Waals surface area contributed by atoms with E-state index in [9.17, 15) is 5.11 Å². The van der Waals surface area contributed by atoms with E-state index in [1.807, 2.05) is 30.4 Å². The van der Waals surface area contributed by atoms with Crippen LogP contribution in [0.3, 0.4) is 0 Å². The number of aliphatic hydroxyl groups is 1. The van der Waals surface area contributed by atoms with Crippen LogP contribution in [0.5, 0.6) is 0 Å². The van der Waals surface area contributed by atoms with Crippen LogP contribution in [0.2, 0.25) is 0 Å². The molecule has 2 rings (SSSR count). The van der Waals surface area contributed by atoms with E-state index in [0.717, 1.165) is 63.4 Å². The summed E-state index contributed by atoms with van der Waals surface area (Å²) in [5.74, 6) is 0.357. The van der Waals surface area contributed by atoms with Crippen LogP contribution in [0.25, 0.3) is 0 Å². The summed E-state index contributed by atoms with van der Waals surface area (Å²) in [4.78, 5) is 0. The summed E-state index contributed by atoms with van der Waals surface area (Å²) in [6, 6.07) is 20.9. The minimum absolute atomic E-state index is 0.357. The maximum absolute atomic E-state index is 11.8. The second-order valence-electron chi connectivity index (χ2n) is 7.82. The molecule has 28 heavy (non-hydrogen) atoms. The molecule has 0 aliphatic carbocycles. The predicted octanol–water partition coefficient (Wildman–Crippen LogP) is 7.54. The standard InChI is InChI=1S/C27H36O/c1-3-5-7-11-19-25(24-17-12-9-13-18-24)23-27(28,22-16-8-6-4-2)26-20-14-10-15-21-26/h3-4,9-10,12-15,17-18,20-21,25,28H,1-2,5-8,11,16,19,22-23H2. The Morgan fingerprint density at radius 1 is 0.786 bits per heavy atom. The second-order valence-corrected chi connectivity index (χ2v) is 7.82. The average molecular weight is 377 g/mol. The van der Waals surface area contributed by atoms with Crippen LogP contribution < -0.4 is 0 Å². The van der Waals surface area contributed by atoms with Gasteiger partial charge in [-0.1, -0.05) is 79.2 Å². The van der Waals surface area contributed by atoms with E-state index < -0.39 is 5.60 Å². The van der Waals surface area contributed by atoms with Gasteiger partial charge in [-0.2, -0.15) is 0 Å². The molecule has 150 valence electrons. The third-order valence-electron chi connectivity index (χ3n) is 5.63. The molecule has 0 saturated carbocycles. The van der Waals surface area contributed by atoms with Crippen molar-refractivity contribution in [1.29, 1.82) is 0 Å². The Morgan fingerprint density at radius 2 is 1.36 bits per heavy atom. The molecule has 0 fully saturated rings. The first-order chi connectivity index (χ1) is 13.7. The Morgan fingerprint density at radius 3 is 1.96 bits per heavy atom.